The molecule has 0 saturated carbocycles. The smallest absolute Gasteiger partial charge is 0.148 e. The van der Waals surface area contributed by atoms with E-state index in [2.05, 4.69) is 36.6 Å². The molecular formula is C13H16BrN5. The van der Waals surface area contributed by atoms with Gasteiger partial charge in [0.25, 0.3) is 0 Å². The summed E-state index contributed by atoms with van der Waals surface area (Å²) in [6.07, 6.45) is 2.27. The summed E-state index contributed by atoms with van der Waals surface area (Å²) in [7, 11) is 0. The molecule has 0 spiro atoms. The predicted molar refractivity (Wildman–Crippen MR) is 81.4 cm³/mol. The molecule has 100 valence electrons. The number of hydrogen-bond acceptors (Lipinski definition) is 5. The number of rotatable bonds is 4. The van der Waals surface area contributed by atoms with E-state index < -0.39 is 0 Å². The zero-order valence-corrected chi connectivity index (χ0v) is 12.5. The highest BCUT2D eigenvalue weighted by atomic mass is 79.9. The van der Waals surface area contributed by atoms with E-state index in [0.29, 0.717) is 5.82 Å². The van der Waals surface area contributed by atoms with Gasteiger partial charge in [0.1, 0.15) is 18.0 Å². The molecule has 0 radical (unpaired) electrons. The SMILES string of the molecule is CCc1c(NN)ncnc1Nc1ccc(C)c(Br)c1. The second-order valence-corrected chi connectivity index (χ2v) is 4.99. The van der Waals surface area contributed by atoms with E-state index in [0.717, 1.165) is 28.0 Å². The number of nitrogens with two attached hydrogens (primary N) is 1. The first-order valence-electron chi connectivity index (χ1n) is 5.99. The molecule has 0 unspecified atom stereocenters. The van der Waals surface area contributed by atoms with Crippen LogP contribution < -0.4 is 16.6 Å². The van der Waals surface area contributed by atoms with Crippen molar-refractivity contribution in [2.24, 2.45) is 5.84 Å². The second-order valence-electron chi connectivity index (χ2n) is 4.14. The van der Waals surface area contributed by atoms with Gasteiger partial charge in [-0.1, -0.05) is 28.9 Å². The molecule has 5 nitrogen and oxygen atoms in total. The number of nitrogen functional groups attached to an aromatic ring is 1. The van der Waals surface area contributed by atoms with Gasteiger partial charge in [-0.15, -0.1) is 0 Å². The van der Waals surface area contributed by atoms with Gasteiger partial charge in [-0.05, 0) is 31.0 Å². The van der Waals surface area contributed by atoms with Crippen molar-refractivity contribution in [1.29, 1.82) is 0 Å². The summed E-state index contributed by atoms with van der Waals surface area (Å²) in [6.45, 7) is 4.09. The van der Waals surface area contributed by atoms with Crippen LogP contribution in [-0.2, 0) is 6.42 Å². The van der Waals surface area contributed by atoms with Gasteiger partial charge in [-0.2, -0.15) is 0 Å². The van der Waals surface area contributed by atoms with Crippen molar-refractivity contribution >= 4 is 33.3 Å². The first-order valence-corrected chi connectivity index (χ1v) is 6.78. The maximum atomic E-state index is 5.46. The third-order valence-electron chi connectivity index (χ3n) is 2.87. The van der Waals surface area contributed by atoms with Crippen LogP contribution in [0.5, 0.6) is 0 Å². The Morgan fingerprint density at radius 1 is 1.26 bits per heavy atom. The van der Waals surface area contributed by atoms with Gasteiger partial charge >= 0.3 is 0 Å². The number of nitrogens with zero attached hydrogens (tertiary/aromatic N) is 2. The van der Waals surface area contributed by atoms with E-state index in [9.17, 15) is 0 Å². The third kappa shape index (κ3) is 3.02. The van der Waals surface area contributed by atoms with Gasteiger partial charge < -0.3 is 10.7 Å². The van der Waals surface area contributed by atoms with Gasteiger partial charge in [0, 0.05) is 15.7 Å². The van der Waals surface area contributed by atoms with Crippen LogP contribution in [0.4, 0.5) is 17.3 Å². The minimum absolute atomic E-state index is 0.645. The molecule has 0 bridgehead atoms. The van der Waals surface area contributed by atoms with E-state index >= 15 is 0 Å². The molecule has 1 aromatic carbocycles. The fourth-order valence-electron chi connectivity index (χ4n) is 1.79. The Bertz CT molecular complexity index is 585. The van der Waals surface area contributed by atoms with Crippen molar-refractivity contribution in [3.05, 3.63) is 40.1 Å². The number of hydrogen-bond donors (Lipinski definition) is 3. The van der Waals surface area contributed by atoms with Crippen LogP contribution in [0.2, 0.25) is 0 Å². The van der Waals surface area contributed by atoms with Crippen LogP contribution in [0.25, 0.3) is 0 Å². The Labute approximate surface area is 120 Å². The molecule has 0 atom stereocenters. The lowest BCUT2D eigenvalue weighted by Crippen LogP contribution is -2.13. The van der Waals surface area contributed by atoms with E-state index in [1.54, 1.807) is 0 Å². The largest absolute Gasteiger partial charge is 0.340 e. The Morgan fingerprint density at radius 3 is 2.63 bits per heavy atom. The Kier molecular flexibility index (Phi) is 4.34. The molecule has 0 aliphatic heterocycles. The summed E-state index contributed by atoms with van der Waals surface area (Å²) in [5.74, 6) is 6.87. The van der Waals surface area contributed by atoms with Crippen LogP contribution in [0.1, 0.15) is 18.1 Å². The number of anilines is 3. The molecule has 1 aromatic heterocycles. The average Bonchev–Trinajstić information content (AvgIpc) is 2.42. The summed E-state index contributed by atoms with van der Waals surface area (Å²) in [6, 6.07) is 6.07. The molecule has 1 heterocycles. The van der Waals surface area contributed by atoms with Crippen LogP contribution in [-0.4, -0.2) is 9.97 Å². The van der Waals surface area contributed by atoms with Crippen LogP contribution in [0.15, 0.2) is 29.0 Å². The molecule has 0 fully saturated rings. The van der Waals surface area contributed by atoms with Crippen molar-refractivity contribution in [3.8, 4) is 0 Å². The summed E-state index contributed by atoms with van der Waals surface area (Å²) in [4.78, 5) is 8.38. The van der Waals surface area contributed by atoms with Crippen molar-refractivity contribution in [2.75, 3.05) is 10.7 Å². The second kappa shape index (κ2) is 5.99. The monoisotopic (exact) mass is 321 g/mol. The Morgan fingerprint density at radius 2 is 2.00 bits per heavy atom. The Balaban J connectivity index is 2.35. The third-order valence-corrected chi connectivity index (χ3v) is 3.72. The summed E-state index contributed by atoms with van der Waals surface area (Å²) in [5, 5.41) is 3.29. The van der Waals surface area contributed by atoms with Crippen LogP contribution in [0.3, 0.4) is 0 Å². The number of aromatic nitrogens is 2. The molecule has 0 amide bonds. The molecule has 0 aliphatic rings. The van der Waals surface area contributed by atoms with Crippen LogP contribution >= 0.6 is 15.9 Å². The molecule has 4 N–H and O–H groups in total. The summed E-state index contributed by atoms with van der Waals surface area (Å²) < 4.78 is 1.06. The molecular weight excluding hydrogens is 306 g/mol. The molecule has 2 rings (SSSR count). The summed E-state index contributed by atoms with van der Waals surface area (Å²) >= 11 is 3.52. The van der Waals surface area contributed by atoms with Gasteiger partial charge in [-0.3, -0.25) is 0 Å². The molecule has 19 heavy (non-hydrogen) atoms. The molecule has 0 aliphatic carbocycles. The first kappa shape index (κ1) is 13.8. The van der Waals surface area contributed by atoms with Gasteiger partial charge in [0.05, 0.1) is 0 Å². The topological polar surface area (TPSA) is 75.9 Å². The maximum Gasteiger partial charge on any atom is 0.148 e. The van der Waals surface area contributed by atoms with Gasteiger partial charge in [0.15, 0.2) is 0 Å². The van der Waals surface area contributed by atoms with Gasteiger partial charge in [-0.25, -0.2) is 15.8 Å². The van der Waals surface area contributed by atoms with E-state index in [1.165, 1.54) is 11.9 Å². The highest BCUT2D eigenvalue weighted by molar-refractivity contribution is 9.10. The van der Waals surface area contributed by atoms with Crippen molar-refractivity contribution in [3.63, 3.8) is 0 Å². The lowest BCUT2D eigenvalue weighted by atomic mass is 10.2. The number of hydrazine groups is 1. The summed E-state index contributed by atoms with van der Waals surface area (Å²) in [5.41, 5.74) is 5.71. The number of halogens is 1. The average molecular weight is 322 g/mol. The maximum absolute atomic E-state index is 5.46. The zero-order valence-electron chi connectivity index (χ0n) is 10.9. The van der Waals surface area contributed by atoms with E-state index in [4.69, 9.17) is 5.84 Å². The molecule has 6 heteroatoms. The van der Waals surface area contributed by atoms with E-state index in [1.807, 2.05) is 32.0 Å². The van der Waals surface area contributed by atoms with E-state index in [-0.39, 0.29) is 0 Å². The highest BCUT2D eigenvalue weighted by Crippen LogP contribution is 2.26. The normalized spacial score (nSPS) is 10.3. The minimum Gasteiger partial charge on any atom is -0.340 e. The van der Waals surface area contributed by atoms with Gasteiger partial charge in [0.2, 0.25) is 0 Å². The quantitative estimate of drug-likeness (QED) is 0.595. The van der Waals surface area contributed by atoms with Crippen LogP contribution in [0, 0.1) is 6.92 Å². The number of nitrogens with one attached hydrogen (secondary N) is 2. The number of benzene rings is 1. The lowest BCUT2D eigenvalue weighted by Gasteiger charge is -2.13. The fourth-order valence-corrected chi connectivity index (χ4v) is 2.17. The predicted octanol–water partition coefficient (Wildman–Crippen LogP) is 3.14. The first-order chi connectivity index (χ1) is 9.15. The molecule has 2 aromatic rings. The van der Waals surface area contributed by atoms with Crippen molar-refractivity contribution < 1.29 is 0 Å². The van der Waals surface area contributed by atoms with Crippen molar-refractivity contribution in [2.45, 2.75) is 20.3 Å². The minimum atomic E-state index is 0.645. The number of aryl methyl sites for hydroxylation is 1. The van der Waals surface area contributed by atoms with Crippen molar-refractivity contribution in [1.82, 2.24) is 9.97 Å². The fraction of sp³-hybridized carbons (Fsp3) is 0.231. The zero-order chi connectivity index (χ0) is 13.8. The molecule has 0 saturated heterocycles. The highest BCUT2D eigenvalue weighted by Gasteiger charge is 2.09. The standard InChI is InChI=1S/C13H16BrN5/c1-3-10-12(16-7-17-13(10)19-15)18-9-5-4-8(2)11(14)6-9/h4-7H,3,15H2,1-2H3,(H2,16,17,18,19). The lowest BCUT2D eigenvalue weighted by molar-refractivity contribution is 1.04. The Hall–Kier alpha value is -1.66.